The molecule has 1 atom stereocenters. The third-order valence-corrected chi connectivity index (χ3v) is 4.41. The van der Waals surface area contributed by atoms with E-state index < -0.39 is 18.3 Å². The van der Waals surface area contributed by atoms with Crippen LogP contribution >= 0.6 is 0 Å². The fourth-order valence-electron chi connectivity index (χ4n) is 3.11. The molecule has 0 aliphatic rings. The molecule has 148 valence electrons. The molecule has 0 aliphatic carbocycles. The first kappa shape index (κ1) is 19.7. The first-order valence-electron chi connectivity index (χ1n) is 8.80. The fraction of sp³-hybridized carbons (Fsp3) is 0.300. The third-order valence-electron chi connectivity index (χ3n) is 4.41. The molecule has 1 amide bonds. The molecule has 0 bridgehead atoms. The van der Waals surface area contributed by atoms with Crippen molar-refractivity contribution in [2.75, 3.05) is 0 Å². The minimum Gasteiger partial charge on any atom is -0.388 e. The molecule has 0 saturated heterocycles. The molecule has 3 rings (SSSR count). The summed E-state index contributed by atoms with van der Waals surface area (Å²) in [5.41, 5.74) is 3.04. The number of aromatic nitrogens is 2. The Balaban J connectivity index is 1.63. The smallest absolute Gasteiger partial charge is 0.388 e. The Labute approximate surface area is 159 Å². The lowest BCUT2D eigenvalue weighted by atomic mass is 10.1. The zero-order chi connectivity index (χ0) is 20.3. The average Bonchev–Trinajstić information content (AvgIpc) is 3.03. The second-order valence-corrected chi connectivity index (χ2v) is 6.55. The van der Waals surface area contributed by atoms with Crippen molar-refractivity contribution >= 4 is 16.8 Å². The number of para-hydroxylation sites is 1. The summed E-state index contributed by atoms with van der Waals surface area (Å²) < 4.78 is 41.1. The van der Waals surface area contributed by atoms with Crippen LogP contribution in [0, 0.1) is 6.92 Å². The molecular formula is C20H20F3N3O2. The molecule has 5 nitrogen and oxygen atoms in total. The predicted octanol–water partition coefficient (Wildman–Crippen LogP) is 4.58. The van der Waals surface area contributed by atoms with E-state index in [-0.39, 0.29) is 12.3 Å². The van der Waals surface area contributed by atoms with Gasteiger partial charge in [0, 0.05) is 29.6 Å². The Morgan fingerprint density at radius 3 is 2.75 bits per heavy atom. The summed E-state index contributed by atoms with van der Waals surface area (Å²) in [4.78, 5) is 19.4. The summed E-state index contributed by atoms with van der Waals surface area (Å²) in [6, 6.07) is 9.91. The Hall–Kier alpha value is -3.03. The Kier molecular flexibility index (Phi) is 5.58. The molecule has 28 heavy (non-hydrogen) atoms. The van der Waals surface area contributed by atoms with Crippen LogP contribution in [0.5, 0.6) is 5.88 Å². The summed E-state index contributed by atoms with van der Waals surface area (Å²) in [6.07, 6.45) is -2.13. The van der Waals surface area contributed by atoms with Gasteiger partial charge in [0.15, 0.2) is 0 Å². The van der Waals surface area contributed by atoms with E-state index in [2.05, 4.69) is 20.0 Å². The van der Waals surface area contributed by atoms with Crippen LogP contribution in [0.3, 0.4) is 0 Å². The normalized spacial score (nSPS) is 12.8. The van der Waals surface area contributed by atoms with Crippen molar-refractivity contribution in [2.24, 2.45) is 0 Å². The number of carbonyl (C=O) groups is 1. The van der Waals surface area contributed by atoms with E-state index in [1.165, 1.54) is 6.07 Å². The molecular weight excluding hydrogens is 371 g/mol. The number of H-pyrrole nitrogens is 1. The van der Waals surface area contributed by atoms with Crippen LogP contribution in [0.2, 0.25) is 0 Å². The van der Waals surface area contributed by atoms with Crippen LogP contribution in [-0.2, 0) is 11.2 Å². The number of nitrogens with one attached hydrogen (secondary N) is 2. The summed E-state index contributed by atoms with van der Waals surface area (Å²) in [5.74, 6) is -0.755. The van der Waals surface area contributed by atoms with Gasteiger partial charge in [-0.15, -0.1) is 13.2 Å². The Morgan fingerprint density at radius 2 is 2.00 bits per heavy atom. The minimum absolute atomic E-state index is 0.207. The number of ether oxygens (including phenoxy) is 1. The zero-order valence-corrected chi connectivity index (χ0v) is 15.4. The maximum atomic E-state index is 12.4. The Morgan fingerprint density at radius 1 is 1.25 bits per heavy atom. The lowest BCUT2D eigenvalue weighted by molar-refractivity contribution is -0.276. The number of amides is 1. The first-order valence-corrected chi connectivity index (χ1v) is 8.80. The van der Waals surface area contributed by atoms with Crippen molar-refractivity contribution < 1.29 is 22.7 Å². The molecule has 2 heterocycles. The van der Waals surface area contributed by atoms with Gasteiger partial charge < -0.3 is 15.0 Å². The van der Waals surface area contributed by atoms with Gasteiger partial charge in [-0.2, -0.15) is 0 Å². The monoisotopic (exact) mass is 391 g/mol. The maximum Gasteiger partial charge on any atom is 0.574 e. The second-order valence-electron chi connectivity index (χ2n) is 6.55. The predicted molar refractivity (Wildman–Crippen MR) is 98.8 cm³/mol. The van der Waals surface area contributed by atoms with Gasteiger partial charge in [0.1, 0.15) is 0 Å². The van der Waals surface area contributed by atoms with E-state index >= 15 is 0 Å². The van der Waals surface area contributed by atoms with Crippen LogP contribution < -0.4 is 10.1 Å². The molecule has 1 unspecified atom stereocenters. The number of carbonyl (C=O) groups excluding carboxylic acids is 1. The van der Waals surface area contributed by atoms with Gasteiger partial charge in [-0.1, -0.05) is 24.3 Å². The highest BCUT2D eigenvalue weighted by Gasteiger charge is 2.32. The topological polar surface area (TPSA) is 67.0 Å². The van der Waals surface area contributed by atoms with Crippen LogP contribution in [0.25, 0.3) is 10.9 Å². The average molecular weight is 391 g/mol. The van der Waals surface area contributed by atoms with E-state index in [1.54, 1.807) is 13.8 Å². The molecule has 0 fully saturated rings. The molecule has 1 aromatic carbocycles. The molecule has 0 saturated carbocycles. The summed E-state index contributed by atoms with van der Waals surface area (Å²) in [6.45, 7) is 3.39. The fourth-order valence-corrected chi connectivity index (χ4v) is 3.11. The number of pyridine rings is 1. The molecule has 2 N–H and O–H groups in total. The lowest BCUT2D eigenvalue weighted by Crippen LogP contribution is -2.28. The summed E-state index contributed by atoms with van der Waals surface area (Å²) in [5, 5.41) is 3.86. The van der Waals surface area contributed by atoms with Gasteiger partial charge in [-0.05, 0) is 37.5 Å². The number of alkyl halides is 3. The van der Waals surface area contributed by atoms with E-state index in [0.717, 1.165) is 22.5 Å². The number of benzene rings is 1. The van der Waals surface area contributed by atoms with Crippen LogP contribution in [0.1, 0.15) is 36.2 Å². The number of aryl methyl sites for hydroxylation is 2. The first-order chi connectivity index (χ1) is 13.2. The third kappa shape index (κ3) is 4.82. The van der Waals surface area contributed by atoms with Gasteiger partial charge in [0.2, 0.25) is 11.8 Å². The zero-order valence-electron chi connectivity index (χ0n) is 15.4. The highest BCUT2D eigenvalue weighted by Crippen LogP contribution is 2.24. The highest BCUT2D eigenvalue weighted by atomic mass is 19.4. The quantitative estimate of drug-likeness (QED) is 0.646. The molecule has 0 radical (unpaired) electrons. The molecule has 0 aliphatic heterocycles. The number of hydrogen-bond donors (Lipinski definition) is 2. The largest absolute Gasteiger partial charge is 0.574 e. The second kappa shape index (κ2) is 7.92. The van der Waals surface area contributed by atoms with Crippen molar-refractivity contribution in [3.8, 4) is 5.88 Å². The molecule has 0 spiro atoms. The number of fused-ring (bicyclic) bond motifs is 1. The molecule has 2 aromatic heterocycles. The standard InChI is InChI=1S/C20H20F3N3O2/c1-12-7-10-18(28-20(21,22)23)26-19(12)13(2)25-17(27)9-8-14-11-24-16-6-4-3-5-15(14)16/h3-7,10-11,13,24H,8-9H2,1-2H3,(H,25,27). The van der Waals surface area contributed by atoms with Crippen molar-refractivity contribution in [2.45, 2.75) is 39.1 Å². The number of rotatable bonds is 6. The van der Waals surface area contributed by atoms with E-state index in [4.69, 9.17) is 0 Å². The number of aromatic amines is 1. The molecule has 8 heteroatoms. The van der Waals surface area contributed by atoms with Crippen molar-refractivity contribution in [3.63, 3.8) is 0 Å². The van der Waals surface area contributed by atoms with Gasteiger partial charge in [0.25, 0.3) is 0 Å². The minimum atomic E-state index is -4.81. The highest BCUT2D eigenvalue weighted by molar-refractivity contribution is 5.84. The Bertz CT molecular complexity index is 982. The van der Waals surface area contributed by atoms with Gasteiger partial charge >= 0.3 is 6.36 Å². The van der Waals surface area contributed by atoms with Gasteiger partial charge in [-0.25, -0.2) is 4.98 Å². The summed E-state index contributed by atoms with van der Waals surface area (Å²) in [7, 11) is 0. The van der Waals surface area contributed by atoms with Crippen LogP contribution in [0.15, 0.2) is 42.6 Å². The van der Waals surface area contributed by atoms with Crippen molar-refractivity contribution in [1.29, 1.82) is 0 Å². The van der Waals surface area contributed by atoms with Gasteiger partial charge in [0.05, 0.1) is 11.7 Å². The molecule has 3 aromatic rings. The maximum absolute atomic E-state index is 12.4. The van der Waals surface area contributed by atoms with E-state index in [0.29, 0.717) is 17.7 Å². The van der Waals surface area contributed by atoms with Crippen LogP contribution in [-0.4, -0.2) is 22.2 Å². The summed E-state index contributed by atoms with van der Waals surface area (Å²) >= 11 is 0. The van der Waals surface area contributed by atoms with Crippen LogP contribution in [0.4, 0.5) is 13.2 Å². The lowest BCUT2D eigenvalue weighted by Gasteiger charge is -2.17. The van der Waals surface area contributed by atoms with Crippen molar-refractivity contribution in [3.05, 3.63) is 59.4 Å². The van der Waals surface area contributed by atoms with E-state index in [1.807, 2.05) is 30.5 Å². The number of nitrogens with zero attached hydrogens (tertiary/aromatic N) is 1. The SMILES string of the molecule is Cc1ccc(OC(F)(F)F)nc1C(C)NC(=O)CCc1c[nH]c2ccccc12. The number of halogens is 3. The van der Waals surface area contributed by atoms with Gasteiger partial charge in [-0.3, -0.25) is 4.79 Å². The number of hydrogen-bond acceptors (Lipinski definition) is 3. The van der Waals surface area contributed by atoms with E-state index in [9.17, 15) is 18.0 Å². The van der Waals surface area contributed by atoms with Crippen molar-refractivity contribution in [1.82, 2.24) is 15.3 Å².